The SMILES string of the molecule is CC(C)CC(=O)Nc1cccc(CNC(=O)C2CCN(c3ccc4cccc(O)c4n3)CC2)c1. The van der Waals surface area contributed by atoms with Gasteiger partial charge in [-0.2, -0.15) is 0 Å². The first-order chi connectivity index (χ1) is 16.4. The molecule has 1 aliphatic rings. The molecule has 2 aromatic carbocycles. The third-order valence-corrected chi connectivity index (χ3v) is 6.15. The maximum atomic E-state index is 12.8. The van der Waals surface area contributed by atoms with E-state index in [1.807, 2.05) is 62.4 Å². The van der Waals surface area contributed by atoms with E-state index in [4.69, 9.17) is 0 Å². The number of aromatic hydroxyl groups is 1. The highest BCUT2D eigenvalue weighted by Gasteiger charge is 2.25. The van der Waals surface area contributed by atoms with E-state index < -0.39 is 0 Å². The fraction of sp³-hybridized carbons (Fsp3) is 0.370. The number of phenols is 1. The molecule has 34 heavy (non-hydrogen) atoms. The van der Waals surface area contributed by atoms with Crippen molar-refractivity contribution in [3.05, 3.63) is 60.2 Å². The number of anilines is 2. The lowest BCUT2D eigenvalue weighted by molar-refractivity contribution is -0.125. The summed E-state index contributed by atoms with van der Waals surface area (Å²) in [5, 5.41) is 17.0. The molecular weight excluding hydrogens is 428 g/mol. The first-order valence-corrected chi connectivity index (χ1v) is 11.9. The number of nitrogens with zero attached hydrogens (tertiary/aromatic N) is 2. The molecule has 2 amide bonds. The average Bonchev–Trinajstić information content (AvgIpc) is 2.82. The lowest BCUT2D eigenvalue weighted by atomic mass is 9.95. The lowest BCUT2D eigenvalue weighted by Crippen LogP contribution is -2.40. The number of carbonyl (C=O) groups excluding carboxylic acids is 2. The van der Waals surface area contributed by atoms with Crippen molar-refractivity contribution in [1.29, 1.82) is 0 Å². The van der Waals surface area contributed by atoms with Crippen LogP contribution >= 0.6 is 0 Å². The minimum Gasteiger partial charge on any atom is -0.506 e. The van der Waals surface area contributed by atoms with Gasteiger partial charge in [-0.3, -0.25) is 9.59 Å². The molecule has 178 valence electrons. The number of hydrogen-bond acceptors (Lipinski definition) is 5. The van der Waals surface area contributed by atoms with E-state index >= 15 is 0 Å². The normalized spacial score (nSPS) is 14.4. The Morgan fingerprint density at radius 1 is 1.09 bits per heavy atom. The Morgan fingerprint density at radius 3 is 2.62 bits per heavy atom. The van der Waals surface area contributed by atoms with Gasteiger partial charge in [-0.05, 0) is 54.7 Å². The molecule has 7 heteroatoms. The van der Waals surface area contributed by atoms with E-state index in [1.165, 1.54) is 0 Å². The second-order valence-corrected chi connectivity index (χ2v) is 9.34. The standard InChI is InChI=1S/C27H32N4O3/c1-18(2)15-25(33)29-22-7-3-5-19(16-22)17-28-27(34)21-11-13-31(14-12-21)24-10-9-20-6-4-8-23(32)26(20)30-24/h3-10,16,18,21,32H,11-15,17H2,1-2H3,(H,28,34)(H,29,33). The van der Waals surface area contributed by atoms with Crippen LogP contribution < -0.4 is 15.5 Å². The number of benzene rings is 2. The second-order valence-electron chi connectivity index (χ2n) is 9.34. The molecule has 0 unspecified atom stereocenters. The first-order valence-electron chi connectivity index (χ1n) is 11.9. The third kappa shape index (κ3) is 5.84. The molecular formula is C27H32N4O3. The van der Waals surface area contributed by atoms with Crippen molar-refractivity contribution in [3.63, 3.8) is 0 Å². The summed E-state index contributed by atoms with van der Waals surface area (Å²) in [7, 11) is 0. The van der Waals surface area contributed by atoms with Crippen LogP contribution in [0.15, 0.2) is 54.6 Å². The zero-order chi connectivity index (χ0) is 24.1. The first kappa shape index (κ1) is 23.5. The van der Waals surface area contributed by atoms with E-state index in [2.05, 4.69) is 20.5 Å². The molecule has 3 aromatic rings. The molecule has 2 heterocycles. The monoisotopic (exact) mass is 460 g/mol. The Hall–Kier alpha value is -3.61. The van der Waals surface area contributed by atoms with Crippen molar-refractivity contribution in [2.24, 2.45) is 11.8 Å². The van der Waals surface area contributed by atoms with E-state index in [9.17, 15) is 14.7 Å². The van der Waals surface area contributed by atoms with Crippen molar-refractivity contribution in [3.8, 4) is 5.75 Å². The summed E-state index contributed by atoms with van der Waals surface area (Å²) >= 11 is 0. The van der Waals surface area contributed by atoms with Gasteiger partial charge in [-0.25, -0.2) is 4.98 Å². The lowest BCUT2D eigenvalue weighted by Gasteiger charge is -2.32. The number of aromatic nitrogens is 1. The van der Waals surface area contributed by atoms with Crippen molar-refractivity contribution in [1.82, 2.24) is 10.3 Å². The maximum absolute atomic E-state index is 12.8. The van der Waals surface area contributed by atoms with Crippen molar-refractivity contribution < 1.29 is 14.7 Å². The predicted octanol–water partition coefficient (Wildman–Crippen LogP) is 4.46. The molecule has 0 radical (unpaired) electrons. The Labute approximate surface area is 200 Å². The molecule has 0 atom stereocenters. The Kier molecular flexibility index (Phi) is 7.30. The number of nitrogens with one attached hydrogen (secondary N) is 2. The zero-order valence-corrected chi connectivity index (χ0v) is 19.8. The largest absolute Gasteiger partial charge is 0.506 e. The van der Waals surface area contributed by atoms with Gasteiger partial charge in [0.15, 0.2) is 0 Å². The minimum absolute atomic E-state index is 0.000869. The second kappa shape index (κ2) is 10.5. The van der Waals surface area contributed by atoms with Crippen LogP contribution in [0.2, 0.25) is 0 Å². The molecule has 3 N–H and O–H groups in total. The van der Waals surface area contributed by atoms with E-state index in [-0.39, 0.29) is 23.5 Å². The Morgan fingerprint density at radius 2 is 1.85 bits per heavy atom. The molecule has 0 bridgehead atoms. The fourth-order valence-corrected chi connectivity index (χ4v) is 4.34. The van der Waals surface area contributed by atoms with Crippen LogP contribution in [0.25, 0.3) is 10.9 Å². The molecule has 1 aromatic heterocycles. The number of rotatable bonds is 7. The number of carbonyl (C=O) groups is 2. The van der Waals surface area contributed by atoms with Crippen LogP contribution in [0.3, 0.4) is 0 Å². The highest BCUT2D eigenvalue weighted by molar-refractivity contribution is 5.91. The minimum atomic E-state index is -0.0426. The third-order valence-electron chi connectivity index (χ3n) is 6.15. The maximum Gasteiger partial charge on any atom is 0.224 e. The predicted molar refractivity (Wildman–Crippen MR) is 135 cm³/mol. The van der Waals surface area contributed by atoms with Crippen LogP contribution in [0.5, 0.6) is 5.75 Å². The van der Waals surface area contributed by atoms with Gasteiger partial charge < -0.3 is 20.6 Å². The molecule has 0 aliphatic carbocycles. The number of phenolic OH excluding ortho intramolecular Hbond substituents is 1. The molecule has 7 nitrogen and oxygen atoms in total. The summed E-state index contributed by atoms with van der Waals surface area (Å²) in [4.78, 5) is 31.6. The van der Waals surface area contributed by atoms with E-state index in [0.717, 1.165) is 48.4 Å². The van der Waals surface area contributed by atoms with Crippen molar-refractivity contribution >= 4 is 34.2 Å². The Balaban J connectivity index is 1.28. The summed E-state index contributed by atoms with van der Waals surface area (Å²) in [6.07, 6.45) is 1.98. The van der Waals surface area contributed by atoms with Crippen LogP contribution in [0.4, 0.5) is 11.5 Å². The van der Waals surface area contributed by atoms with Gasteiger partial charge in [0, 0.05) is 43.0 Å². The van der Waals surface area contributed by atoms with E-state index in [0.29, 0.717) is 24.4 Å². The van der Waals surface area contributed by atoms with Crippen LogP contribution in [0.1, 0.15) is 38.7 Å². The van der Waals surface area contributed by atoms with Gasteiger partial charge in [0.25, 0.3) is 0 Å². The topological polar surface area (TPSA) is 94.6 Å². The van der Waals surface area contributed by atoms with Crippen LogP contribution in [-0.4, -0.2) is 35.0 Å². The van der Waals surface area contributed by atoms with Crippen molar-refractivity contribution in [2.75, 3.05) is 23.3 Å². The van der Waals surface area contributed by atoms with Gasteiger partial charge in [0.1, 0.15) is 17.1 Å². The summed E-state index contributed by atoms with van der Waals surface area (Å²) in [5.74, 6) is 1.32. The summed E-state index contributed by atoms with van der Waals surface area (Å²) in [6.45, 7) is 5.93. The van der Waals surface area contributed by atoms with Gasteiger partial charge in [-0.15, -0.1) is 0 Å². The molecule has 1 saturated heterocycles. The summed E-state index contributed by atoms with van der Waals surface area (Å²) < 4.78 is 0. The molecule has 4 rings (SSSR count). The van der Waals surface area contributed by atoms with Gasteiger partial charge in [0.05, 0.1) is 0 Å². The molecule has 0 saturated carbocycles. The quantitative estimate of drug-likeness (QED) is 0.484. The number of pyridine rings is 1. The fourth-order valence-electron chi connectivity index (χ4n) is 4.34. The average molecular weight is 461 g/mol. The summed E-state index contributed by atoms with van der Waals surface area (Å²) in [5.41, 5.74) is 2.30. The zero-order valence-electron chi connectivity index (χ0n) is 19.8. The van der Waals surface area contributed by atoms with Gasteiger partial charge >= 0.3 is 0 Å². The number of hydrogen-bond donors (Lipinski definition) is 3. The number of para-hydroxylation sites is 1. The molecule has 1 fully saturated rings. The number of amides is 2. The van der Waals surface area contributed by atoms with Crippen molar-refractivity contribution in [2.45, 2.75) is 39.7 Å². The van der Waals surface area contributed by atoms with Gasteiger partial charge in [-0.1, -0.05) is 38.1 Å². The molecule has 0 spiro atoms. The highest BCUT2D eigenvalue weighted by atomic mass is 16.3. The smallest absolute Gasteiger partial charge is 0.224 e. The summed E-state index contributed by atoms with van der Waals surface area (Å²) in [6, 6.07) is 16.9. The number of fused-ring (bicyclic) bond motifs is 1. The van der Waals surface area contributed by atoms with E-state index in [1.54, 1.807) is 6.07 Å². The highest BCUT2D eigenvalue weighted by Crippen LogP contribution is 2.28. The molecule has 1 aliphatic heterocycles. The van der Waals surface area contributed by atoms with Crippen LogP contribution in [0, 0.1) is 11.8 Å². The van der Waals surface area contributed by atoms with Crippen LogP contribution in [-0.2, 0) is 16.1 Å². The number of piperidine rings is 1. The van der Waals surface area contributed by atoms with Gasteiger partial charge in [0.2, 0.25) is 11.8 Å². The Bertz CT molecular complexity index is 1170.